The predicted octanol–water partition coefficient (Wildman–Crippen LogP) is 4.37. The highest BCUT2D eigenvalue weighted by Crippen LogP contribution is 2.46. The lowest BCUT2D eigenvalue weighted by Crippen LogP contribution is -2.45. The number of fused-ring (bicyclic) bond motifs is 2. The van der Waals surface area contributed by atoms with Gasteiger partial charge in [-0.3, -0.25) is 4.79 Å². The number of amides is 1. The Bertz CT molecular complexity index is 1160. The van der Waals surface area contributed by atoms with Gasteiger partial charge in [-0.2, -0.15) is 0 Å². The quantitative estimate of drug-likeness (QED) is 0.627. The molecule has 192 valence electrons. The summed E-state index contributed by atoms with van der Waals surface area (Å²) >= 11 is 0. The van der Waals surface area contributed by atoms with Crippen LogP contribution in [-0.2, 0) is 19.7 Å². The van der Waals surface area contributed by atoms with E-state index in [1.165, 1.54) is 7.11 Å². The van der Waals surface area contributed by atoms with E-state index in [0.717, 1.165) is 92.2 Å². The van der Waals surface area contributed by atoms with Crippen LogP contribution in [0.4, 0.5) is 11.4 Å². The Balaban J connectivity index is 1.57. The molecular weight excluding hydrogens is 454 g/mol. The maximum atomic E-state index is 13.1. The summed E-state index contributed by atoms with van der Waals surface area (Å²) < 4.78 is 10.8. The minimum Gasteiger partial charge on any atom is -0.465 e. The van der Waals surface area contributed by atoms with Gasteiger partial charge < -0.3 is 24.6 Å². The number of hydrogen-bond acceptors (Lipinski definition) is 6. The van der Waals surface area contributed by atoms with Crippen LogP contribution in [0.2, 0.25) is 0 Å². The highest BCUT2D eigenvalue weighted by atomic mass is 16.5. The van der Waals surface area contributed by atoms with E-state index in [4.69, 9.17) is 9.47 Å². The standard InChI is InChI=1S/C29H37N3O4/c1-5-32(22-8-14-36-15-9-22)26-18-21(16-23(19(26)2)27(33)35-4)20-6-7-24-25(17-20)30-28(34)29(24)10-12-31(3)13-11-29/h6-7,16-18,22H,5,8-15H2,1-4H3,(H,30,34). The topological polar surface area (TPSA) is 71.1 Å². The van der Waals surface area contributed by atoms with Crippen molar-refractivity contribution in [2.75, 3.05) is 57.2 Å². The molecule has 5 rings (SSSR count). The minimum atomic E-state index is -0.432. The number of esters is 1. The van der Waals surface area contributed by atoms with Gasteiger partial charge in [-0.15, -0.1) is 0 Å². The molecule has 0 aliphatic carbocycles. The van der Waals surface area contributed by atoms with Crippen LogP contribution in [0.3, 0.4) is 0 Å². The van der Waals surface area contributed by atoms with E-state index in [-0.39, 0.29) is 11.9 Å². The van der Waals surface area contributed by atoms with Crippen molar-refractivity contribution >= 4 is 23.3 Å². The van der Waals surface area contributed by atoms with Crippen molar-refractivity contribution in [3.8, 4) is 11.1 Å². The highest BCUT2D eigenvalue weighted by Gasteiger charge is 2.48. The van der Waals surface area contributed by atoms with Crippen LogP contribution in [0.5, 0.6) is 0 Å². The lowest BCUT2D eigenvalue weighted by atomic mass is 9.73. The van der Waals surface area contributed by atoms with Gasteiger partial charge in [0.2, 0.25) is 5.91 Å². The van der Waals surface area contributed by atoms with E-state index in [1.54, 1.807) is 0 Å². The van der Waals surface area contributed by atoms with Crippen LogP contribution >= 0.6 is 0 Å². The molecule has 2 fully saturated rings. The third-order valence-corrected chi connectivity index (χ3v) is 8.46. The molecular formula is C29H37N3O4. The number of likely N-dealkylation sites (tertiary alicyclic amines) is 1. The van der Waals surface area contributed by atoms with Crippen molar-refractivity contribution in [1.82, 2.24) is 4.90 Å². The Hall–Kier alpha value is -2.90. The average Bonchev–Trinajstić information content (AvgIpc) is 3.17. The zero-order valence-electron chi connectivity index (χ0n) is 21.9. The number of rotatable bonds is 5. The van der Waals surface area contributed by atoms with Crippen LogP contribution in [-0.4, -0.2) is 69.8 Å². The average molecular weight is 492 g/mol. The second-order valence-electron chi connectivity index (χ2n) is 10.4. The first kappa shape index (κ1) is 24.8. The first-order valence-corrected chi connectivity index (χ1v) is 13.1. The lowest BCUT2D eigenvalue weighted by Gasteiger charge is -2.37. The van der Waals surface area contributed by atoms with Gasteiger partial charge in [0, 0.05) is 37.2 Å². The van der Waals surface area contributed by atoms with E-state index in [2.05, 4.69) is 53.4 Å². The first-order chi connectivity index (χ1) is 17.4. The van der Waals surface area contributed by atoms with Gasteiger partial charge in [0.05, 0.1) is 18.1 Å². The van der Waals surface area contributed by atoms with Crippen molar-refractivity contribution in [2.45, 2.75) is 51.0 Å². The maximum Gasteiger partial charge on any atom is 0.338 e. The number of carbonyl (C=O) groups is 2. The van der Waals surface area contributed by atoms with Crippen molar-refractivity contribution in [3.63, 3.8) is 0 Å². The second kappa shape index (κ2) is 9.87. The fraction of sp³-hybridized carbons (Fsp3) is 0.517. The molecule has 0 radical (unpaired) electrons. The molecule has 2 saturated heterocycles. The number of carbonyl (C=O) groups excluding carboxylic acids is 2. The molecule has 3 heterocycles. The smallest absolute Gasteiger partial charge is 0.338 e. The van der Waals surface area contributed by atoms with Gasteiger partial charge in [-0.25, -0.2) is 4.79 Å². The van der Waals surface area contributed by atoms with Gasteiger partial charge in [0.25, 0.3) is 0 Å². The molecule has 0 saturated carbocycles. The van der Waals surface area contributed by atoms with E-state index in [9.17, 15) is 9.59 Å². The van der Waals surface area contributed by atoms with Crippen LogP contribution in [0.15, 0.2) is 30.3 Å². The molecule has 36 heavy (non-hydrogen) atoms. The minimum absolute atomic E-state index is 0.110. The van der Waals surface area contributed by atoms with Gasteiger partial charge >= 0.3 is 5.97 Å². The molecule has 0 aromatic heterocycles. The van der Waals surface area contributed by atoms with E-state index in [0.29, 0.717) is 11.6 Å². The maximum absolute atomic E-state index is 13.1. The Morgan fingerprint density at radius 1 is 1.17 bits per heavy atom. The van der Waals surface area contributed by atoms with Crippen LogP contribution < -0.4 is 10.2 Å². The summed E-state index contributed by atoms with van der Waals surface area (Å²) in [5.74, 6) is -0.224. The summed E-state index contributed by atoms with van der Waals surface area (Å²) in [7, 11) is 3.54. The van der Waals surface area contributed by atoms with E-state index >= 15 is 0 Å². The monoisotopic (exact) mass is 491 g/mol. The summed E-state index contributed by atoms with van der Waals surface area (Å²) in [6.45, 7) is 8.34. The molecule has 0 atom stereocenters. The Kier molecular flexibility index (Phi) is 6.79. The summed E-state index contributed by atoms with van der Waals surface area (Å²) in [5, 5.41) is 3.17. The van der Waals surface area contributed by atoms with Gasteiger partial charge in [-0.1, -0.05) is 12.1 Å². The van der Waals surface area contributed by atoms with Crippen LogP contribution in [0.1, 0.15) is 54.1 Å². The first-order valence-electron chi connectivity index (χ1n) is 13.1. The molecule has 0 unspecified atom stereocenters. The molecule has 2 aromatic rings. The number of benzene rings is 2. The Morgan fingerprint density at radius 2 is 1.89 bits per heavy atom. The van der Waals surface area contributed by atoms with Crippen molar-refractivity contribution < 1.29 is 19.1 Å². The molecule has 1 N–H and O–H groups in total. The molecule has 3 aliphatic rings. The number of hydrogen-bond donors (Lipinski definition) is 1. The van der Waals surface area contributed by atoms with Gasteiger partial charge in [-0.05, 0) is 100 Å². The van der Waals surface area contributed by atoms with Crippen LogP contribution in [0, 0.1) is 6.92 Å². The fourth-order valence-electron chi connectivity index (χ4n) is 6.21. The number of anilines is 2. The number of ether oxygens (including phenoxy) is 2. The third-order valence-electron chi connectivity index (χ3n) is 8.46. The molecule has 2 aromatic carbocycles. The summed E-state index contributed by atoms with van der Waals surface area (Å²) in [6.07, 6.45) is 3.60. The number of piperidine rings is 1. The summed E-state index contributed by atoms with van der Waals surface area (Å²) in [5.41, 5.74) is 6.04. The molecule has 7 nitrogen and oxygen atoms in total. The number of nitrogens with zero attached hydrogens (tertiary/aromatic N) is 2. The number of nitrogens with one attached hydrogen (secondary N) is 1. The van der Waals surface area contributed by atoms with Gasteiger partial charge in [0.15, 0.2) is 0 Å². The second-order valence-corrected chi connectivity index (χ2v) is 10.4. The molecule has 1 amide bonds. The predicted molar refractivity (Wildman–Crippen MR) is 142 cm³/mol. The van der Waals surface area contributed by atoms with Gasteiger partial charge in [0.1, 0.15) is 0 Å². The largest absolute Gasteiger partial charge is 0.465 e. The molecule has 1 spiro atoms. The Morgan fingerprint density at radius 3 is 2.56 bits per heavy atom. The summed E-state index contributed by atoms with van der Waals surface area (Å²) in [6, 6.07) is 10.8. The SMILES string of the molecule is CCN(c1cc(-c2ccc3c(c2)NC(=O)C32CCN(C)CC2)cc(C(=O)OC)c1C)C1CCOCC1. The highest BCUT2D eigenvalue weighted by molar-refractivity contribution is 6.07. The Labute approximate surface area is 213 Å². The molecule has 7 heteroatoms. The molecule has 3 aliphatic heterocycles. The zero-order chi connectivity index (χ0) is 25.4. The fourth-order valence-corrected chi connectivity index (χ4v) is 6.21. The van der Waals surface area contributed by atoms with Crippen molar-refractivity contribution in [2.24, 2.45) is 0 Å². The number of methoxy groups -OCH3 is 1. The normalized spacial score (nSPS) is 19.7. The summed E-state index contributed by atoms with van der Waals surface area (Å²) in [4.78, 5) is 30.6. The zero-order valence-corrected chi connectivity index (χ0v) is 21.9. The van der Waals surface area contributed by atoms with E-state index in [1.807, 2.05) is 13.0 Å². The third kappa shape index (κ3) is 4.18. The van der Waals surface area contributed by atoms with Crippen molar-refractivity contribution in [1.29, 1.82) is 0 Å². The lowest BCUT2D eigenvalue weighted by molar-refractivity contribution is -0.122. The van der Waals surface area contributed by atoms with Crippen molar-refractivity contribution in [3.05, 3.63) is 47.0 Å². The van der Waals surface area contributed by atoms with Crippen LogP contribution in [0.25, 0.3) is 11.1 Å². The van der Waals surface area contributed by atoms with E-state index < -0.39 is 5.41 Å². The molecule has 0 bridgehead atoms.